The lowest BCUT2D eigenvalue weighted by atomic mass is 9.86. The van der Waals surface area contributed by atoms with Crippen LogP contribution in [0.5, 0.6) is 0 Å². The van der Waals surface area contributed by atoms with Crippen LogP contribution in [0.2, 0.25) is 4.34 Å². The molecule has 2 rings (SSSR count). The number of carbonyl (C=O) groups is 2. The van der Waals surface area contributed by atoms with Crippen LogP contribution >= 0.6 is 34.7 Å². The zero-order chi connectivity index (χ0) is 16.7. The molecule has 0 unspecified atom stereocenters. The summed E-state index contributed by atoms with van der Waals surface area (Å²) in [6.45, 7) is 1.97. The van der Waals surface area contributed by atoms with Crippen LogP contribution in [-0.4, -0.2) is 30.3 Å². The second kappa shape index (κ2) is 9.55. The van der Waals surface area contributed by atoms with Crippen LogP contribution in [0.25, 0.3) is 0 Å². The number of esters is 1. The van der Waals surface area contributed by atoms with Gasteiger partial charge in [0.15, 0.2) is 6.61 Å². The summed E-state index contributed by atoms with van der Waals surface area (Å²) in [4.78, 5) is 24.6. The Morgan fingerprint density at radius 2 is 2.17 bits per heavy atom. The molecule has 0 aromatic carbocycles. The Labute approximate surface area is 150 Å². The molecule has 4 nitrogen and oxygen atoms in total. The molecule has 1 heterocycles. The van der Waals surface area contributed by atoms with E-state index in [1.165, 1.54) is 29.5 Å². The average molecular weight is 376 g/mol. The number of carbonyl (C=O) groups excluding carboxylic acids is 2. The molecular weight excluding hydrogens is 354 g/mol. The van der Waals surface area contributed by atoms with Crippen LogP contribution < -0.4 is 5.32 Å². The zero-order valence-corrected chi connectivity index (χ0v) is 15.6. The predicted octanol–water partition coefficient (Wildman–Crippen LogP) is 3.87. The molecule has 0 radical (unpaired) electrons. The van der Waals surface area contributed by atoms with Gasteiger partial charge in [-0.3, -0.25) is 9.59 Å². The number of hydrogen-bond acceptors (Lipinski definition) is 5. The number of thiophene rings is 1. The first-order chi connectivity index (χ1) is 11.0. The summed E-state index contributed by atoms with van der Waals surface area (Å²) in [7, 11) is 0. The van der Waals surface area contributed by atoms with E-state index in [9.17, 15) is 9.59 Å². The topological polar surface area (TPSA) is 55.4 Å². The molecule has 0 saturated heterocycles. The Balaban J connectivity index is 1.59. The van der Waals surface area contributed by atoms with Gasteiger partial charge in [-0.25, -0.2) is 0 Å². The van der Waals surface area contributed by atoms with Crippen LogP contribution in [0.1, 0.15) is 37.5 Å². The number of halogens is 1. The molecular formula is C16H22ClNO3S2. The monoisotopic (exact) mass is 375 g/mol. The molecule has 1 aromatic heterocycles. The van der Waals surface area contributed by atoms with E-state index in [0.29, 0.717) is 5.92 Å². The van der Waals surface area contributed by atoms with Gasteiger partial charge in [-0.1, -0.05) is 31.4 Å². The van der Waals surface area contributed by atoms with E-state index < -0.39 is 0 Å². The van der Waals surface area contributed by atoms with E-state index in [0.717, 1.165) is 34.2 Å². The molecule has 7 heteroatoms. The van der Waals surface area contributed by atoms with Gasteiger partial charge in [0.1, 0.15) is 0 Å². The van der Waals surface area contributed by atoms with Gasteiger partial charge in [0.05, 0.1) is 10.1 Å². The number of rotatable bonds is 7. The van der Waals surface area contributed by atoms with Crippen molar-refractivity contribution in [2.24, 2.45) is 5.92 Å². The van der Waals surface area contributed by atoms with Crippen molar-refractivity contribution >= 4 is 46.6 Å². The summed E-state index contributed by atoms with van der Waals surface area (Å²) in [6.07, 6.45) is 4.54. The minimum absolute atomic E-state index is 0.187. The highest BCUT2D eigenvalue weighted by molar-refractivity contribution is 7.99. The standard InChI is InChI=1S/C16H22ClNO3S2/c1-11-4-2-3-5-13(11)18-15(19)8-21-16(20)10-22-9-12-6-7-14(17)23-12/h6-7,11,13H,2-5,8-10H2,1H3,(H,18,19)/t11-,13-/m0/s1. The predicted molar refractivity (Wildman–Crippen MR) is 96.0 cm³/mol. The molecule has 0 aliphatic heterocycles. The fourth-order valence-corrected chi connectivity index (χ4v) is 4.65. The van der Waals surface area contributed by atoms with E-state index >= 15 is 0 Å². The van der Waals surface area contributed by atoms with Gasteiger partial charge in [-0.15, -0.1) is 23.1 Å². The van der Waals surface area contributed by atoms with Crippen molar-refractivity contribution in [3.63, 3.8) is 0 Å². The van der Waals surface area contributed by atoms with E-state index in [1.54, 1.807) is 0 Å². The number of ether oxygens (including phenoxy) is 1. The van der Waals surface area contributed by atoms with Crippen LogP contribution in [-0.2, 0) is 20.1 Å². The normalized spacial score (nSPS) is 21.0. The van der Waals surface area contributed by atoms with Crippen molar-refractivity contribution in [2.75, 3.05) is 12.4 Å². The number of amides is 1. The maximum atomic E-state index is 11.9. The Hall–Kier alpha value is -0.720. The van der Waals surface area contributed by atoms with Crippen LogP contribution in [0.15, 0.2) is 12.1 Å². The average Bonchev–Trinajstić information content (AvgIpc) is 2.93. The molecule has 1 fully saturated rings. The van der Waals surface area contributed by atoms with Crippen molar-refractivity contribution in [2.45, 2.75) is 44.4 Å². The second-order valence-corrected chi connectivity index (χ2v) is 8.58. The Bertz CT molecular complexity index is 535. The van der Waals surface area contributed by atoms with Gasteiger partial charge in [0.2, 0.25) is 0 Å². The van der Waals surface area contributed by atoms with Gasteiger partial charge >= 0.3 is 5.97 Å². The first-order valence-electron chi connectivity index (χ1n) is 7.81. The molecule has 1 aliphatic rings. The Morgan fingerprint density at radius 3 is 2.87 bits per heavy atom. The molecule has 128 valence electrons. The SMILES string of the molecule is C[C@H]1CCCC[C@@H]1NC(=O)COC(=O)CSCc1ccc(Cl)s1. The first kappa shape index (κ1) is 18.6. The van der Waals surface area contributed by atoms with Gasteiger partial charge < -0.3 is 10.1 Å². The van der Waals surface area contributed by atoms with Gasteiger partial charge in [-0.2, -0.15) is 0 Å². The number of nitrogens with one attached hydrogen (secondary N) is 1. The lowest BCUT2D eigenvalue weighted by molar-refractivity contribution is -0.146. The van der Waals surface area contributed by atoms with Gasteiger partial charge in [-0.05, 0) is 30.9 Å². The molecule has 0 bridgehead atoms. The Kier molecular flexibility index (Phi) is 7.73. The van der Waals surface area contributed by atoms with Crippen molar-refractivity contribution in [3.05, 3.63) is 21.3 Å². The van der Waals surface area contributed by atoms with Crippen LogP contribution in [0.4, 0.5) is 0 Å². The van der Waals surface area contributed by atoms with Crippen molar-refractivity contribution in [1.82, 2.24) is 5.32 Å². The highest BCUT2D eigenvalue weighted by Crippen LogP contribution is 2.25. The summed E-state index contributed by atoms with van der Waals surface area (Å²) >= 11 is 8.82. The third-order valence-corrected chi connectivity index (χ3v) is 6.28. The Morgan fingerprint density at radius 1 is 1.39 bits per heavy atom. The third kappa shape index (κ3) is 6.73. The lowest BCUT2D eigenvalue weighted by Crippen LogP contribution is -2.43. The zero-order valence-electron chi connectivity index (χ0n) is 13.2. The highest BCUT2D eigenvalue weighted by atomic mass is 35.5. The molecule has 1 aromatic rings. The van der Waals surface area contributed by atoms with Crippen LogP contribution in [0.3, 0.4) is 0 Å². The number of hydrogen-bond donors (Lipinski definition) is 1. The molecule has 1 saturated carbocycles. The van der Waals surface area contributed by atoms with E-state index in [-0.39, 0.29) is 30.3 Å². The minimum Gasteiger partial charge on any atom is -0.455 e. The van der Waals surface area contributed by atoms with E-state index in [2.05, 4.69) is 12.2 Å². The van der Waals surface area contributed by atoms with E-state index in [4.69, 9.17) is 16.3 Å². The first-order valence-corrected chi connectivity index (χ1v) is 10.2. The third-order valence-electron chi connectivity index (χ3n) is 3.92. The summed E-state index contributed by atoms with van der Waals surface area (Å²) in [5.41, 5.74) is 0. The fraction of sp³-hybridized carbons (Fsp3) is 0.625. The fourth-order valence-electron chi connectivity index (χ4n) is 2.63. The molecule has 23 heavy (non-hydrogen) atoms. The largest absolute Gasteiger partial charge is 0.455 e. The summed E-state index contributed by atoms with van der Waals surface area (Å²) in [6, 6.07) is 4.01. The summed E-state index contributed by atoms with van der Waals surface area (Å²) in [5.74, 6) is 0.897. The molecule has 0 spiro atoms. The number of thioether (sulfide) groups is 1. The lowest BCUT2D eigenvalue weighted by Gasteiger charge is -2.29. The molecule has 1 amide bonds. The second-order valence-electron chi connectivity index (χ2n) is 5.80. The van der Waals surface area contributed by atoms with Gasteiger partial charge in [0.25, 0.3) is 5.91 Å². The van der Waals surface area contributed by atoms with Crippen molar-refractivity contribution < 1.29 is 14.3 Å². The van der Waals surface area contributed by atoms with Crippen LogP contribution in [0, 0.1) is 5.92 Å². The minimum atomic E-state index is -0.357. The molecule has 1 N–H and O–H groups in total. The molecule has 1 aliphatic carbocycles. The van der Waals surface area contributed by atoms with Crippen molar-refractivity contribution in [1.29, 1.82) is 0 Å². The quantitative estimate of drug-likeness (QED) is 0.735. The highest BCUT2D eigenvalue weighted by Gasteiger charge is 2.23. The smallest absolute Gasteiger partial charge is 0.316 e. The molecule has 2 atom stereocenters. The van der Waals surface area contributed by atoms with E-state index in [1.807, 2.05) is 12.1 Å². The summed E-state index contributed by atoms with van der Waals surface area (Å²) in [5, 5.41) is 2.97. The van der Waals surface area contributed by atoms with Crippen molar-refractivity contribution in [3.8, 4) is 0 Å². The maximum absolute atomic E-state index is 11.9. The summed E-state index contributed by atoms with van der Waals surface area (Å²) < 4.78 is 5.78. The van der Waals surface area contributed by atoms with Gasteiger partial charge in [0, 0.05) is 16.7 Å². The maximum Gasteiger partial charge on any atom is 0.316 e.